The molecule has 0 radical (unpaired) electrons. The first-order chi connectivity index (χ1) is 10.4. The van der Waals surface area contributed by atoms with E-state index in [9.17, 15) is 13.2 Å². The molecule has 124 valence electrons. The first-order valence-corrected chi connectivity index (χ1v) is 8.76. The zero-order valence-corrected chi connectivity index (χ0v) is 13.8. The van der Waals surface area contributed by atoms with Gasteiger partial charge < -0.3 is 9.47 Å². The second-order valence-electron chi connectivity index (χ2n) is 4.83. The quantitative estimate of drug-likeness (QED) is 0.512. The molecule has 0 spiro atoms. The number of benzene rings is 1. The Morgan fingerprint density at radius 1 is 1.23 bits per heavy atom. The number of carbonyl (C=O) groups excluding carboxylic acids is 1. The lowest BCUT2D eigenvalue weighted by molar-refractivity contribution is -0.140. The molecule has 1 aromatic carbocycles. The van der Waals surface area contributed by atoms with Crippen LogP contribution in [0, 0.1) is 6.92 Å². The zero-order valence-electron chi connectivity index (χ0n) is 13.0. The van der Waals surface area contributed by atoms with Gasteiger partial charge in [0.25, 0.3) is 0 Å². The maximum Gasteiger partial charge on any atom is 0.306 e. The van der Waals surface area contributed by atoms with Gasteiger partial charge in [-0.3, -0.25) is 4.79 Å². The molecule has 0 aliphatic carbocycles. The average Bonchev–Trinajstić information content (AvgIpc) is 2.50. The molecule has 1 N–H and O–H groups in total. The summed E-state index contributed by atoms with van der Waals surface area (Å²) in [6.45, 7) is 3.07. The lowest BCUT2D eigenvalue weighted by Gasteiger charge is -2.08. The fraction of sp³-hybridized carbons (Fsp3) is 0.533. The molecule has 0 heterocycles. The minimum absolute atomic E-state index is 0.153. The monoisotopic (exact) mass is 329 g/mol. The molecule has 0 saturated heterocycles. The second-order valence-corrected chi connectivity index (χ2v) is 6.75. The van der Waals surface area contributed by atoms with Gasteiger partial charge in [-0.2, -0.15) is 0 Å². The minimum atomic E-state index is -3.46. The molecule has 0 fully saturated rings. The Morgan fingerprint density at radius 2 is 1.95 bits per heavy atom. The van der Waals surface area contributed by atoms with Crippen molar-refractivity contribution < 1.29 is 22.7 Å². The van der Waals surface area contributed by atoms with Crippen molar-refractivity contribution in [1.29, 1.82) is 0 Å². The molecule has 6 nitrogen and oxygen atoms in total. The van der Waals surface area contributed by atoms with Gasteiger partial charge in [-0.15, -0.1) is 0 Å². The summed E-state index contributed by atoms with van der Waals surface area (Å²) >= 11 is 0. The van der Waals surface area contributed by atoms with E-state index in [1.54, 1.807) is 0 Å². The van der Waals surface area contributed by atoms with Gasteiger partial charge in [0.15, 0.2) is 0 Å². The molecule has 1 aromatic rings. The van der Waals surface area contributed by atoms with E-state index in [4.69, 9.17) is 4.74 Å². The summed E-state index contributed by atoms with van der Waals surface area (Å²) in [6.07, 6.45) is 0.641. The smallest absolute Gasteiger partial charge is 0.306 e. The number of esters is 1. The van der Waals surface area contributed by atoms with Crippen molar-refractivity contribution in [2.45, 2.75) is 19.8 Å². The zero-order chi connectivity index (χ0) is 16.4. The van der Waals surface area contributed by atoms with Crippen molar-refractivity contribution in [1.82, 2.24) is 4.72 Å². The summed E-state index contributed by atoms with van der Waals surface area (Å²) < 4.78 is 35.4. The highest BCUT2D eigenvalue weighted by atomic mass is 32.2. The minimum Gasteiger partial charge on any atom is -0.469 e. The summed E-state index contributed by atoms with van der Waals surface area (Å²) in [7, 11) is -2.24. The summed E-state index contributed by atoms with van der Waals surface area (Å²) in [5.74, 6) is -0.817. The first kappa shape index (κ1) is 18.6. The van der Waals surface area contributed by atoms with E-state index in [0.29, 0.717) is 13.2 Å². The average molecular weight is 329 g/mol. The van der Waals surface area contributed by atoms with E-state index in [-0.39, 0.29) is 18.7 Å². The summed E-state index contributed by atoms with van der Waals surface area (Å²) in [4.78, 5) is 10.9. The molecule has 1 rings (SSSR count). The van der Waals surface area contributed by atoms with E-state index in [0.717, 1.165) is 6.42 Å². The van der Waals surface area contributed by atoms with Gasteiger partial charge in [0.2, 0.25) is 10.0 Å². The van der Waals surface area contributed by atoms with E-state index < -0.39 is 16.0 Å². The maximum absolute atomic E-state index is 11.6. The molecule has 0 amide bonds. The second kappa shape index (κ2) is 9.55. The number of aryl methyl sites for hydroxylation is 1. The molecular formula is C15H23NO5S. The normalized spacial score (nSPS) is 11.4. The van der Waals surface area contributed by atoms with Crippen molar-refractivity contribution in [2.75, 3.05) is 32.6 Å². The molecule has 0 saturated carbocycles. The molecule has 0 bridgehead atoms. The highest BCUT2D eigenvalue weighted by Crippen LogP contribution is 2.07. The number of ether oxygens (including phenoxy) is 2. The predicted molar refractivity (Wildman–Crippen MR) is 84.1 cm³/mol. The van der Waals surface area contributed by atoms with E-state index in [2.05, 4.69) is 9.46 Å². The lowest BCUT2D eigenvalue weighted by atomic mass is 10.1. The maximum atomic E-state index is 11.6. The van der Waals surface area contributed by atoms with E-state index in [1.165, 1.54) is 18.2 Å². The SMILES string of the molecule is COC(=O)CCS(=O)(=O)NCCOCCc1ccccc1C. The highest BCUT2D eigenvalue weighted by Gasteiger charge is 2.12. The van der Waals surface area contributed by atoms with Crippen LogP contribution in [-0.2, 0) is 30.7 Å². The Kier molecular flexibility index (Phi) is 8.08. The van der Waals surface area contributed by atoms with Gasteiger partial charge in [0, 0.05) is 6.54 Å². The van der Waals surface area contributed by atoms with E-state index >= 15 is 0 Å². The topological polar surface area (TPSA) is 81.7 Å². The van der Waals surface area contributed by atoms with Crippen LogP contribution < -0.4 is 4.72 Å². The Labute approximate surface area is 131 Å². The number of carbonyl (C=O) groups is 1. The van der Waals surface area contributed by atoms with Crippen LogP contribution in [-0.4, -0.2) is 47.0 Å². The van der Waals surface area contributed by atoms with Crippen LogP contribution in [0.1, 0.15) is 17.5 Å². The van der Waals surface area contributed by atoms with Crippen molar-refractivity contribution in [3.8, 4) is 0 Å². The van der Waals surface area contributed by atoms with Crippen molar-refractivity contribution in [3.63, 3.8) is 0 Å². The molecule has 0 unspecified atom stereocenters. The molecule has 0 atom stereocenters. The Bertz CT molecular complexity index is 571. The van der Waals surface area contributed by atoms with Gasteiger partial charge in [-0.1, -0.05) is 24.3 Å². The summed E-state index contributed by atoms with van der Waals surface area (Å²) in [6, 6.07) is 8.07. The van der Waals surface area contributed by atoms with Crippen molar-refractivity contribution in [2.24, 2.45) is 0 Å². The number of hydrogen-bond donors (Lipinski definition) is 1. The third kappa shape index (κ3) is 7.53. The molecule has 7 heteroatoms. The largest absolute Gasteiger partial charge is 0.469 e. The highest BCUT2D eigenvalue weighted by molar-refractivity contribution is 7.89. The summed E-state index contributed by atoms with van der Waals surface area (Å²) in [5.41, 5.74) is 2.44. The standard InChI is InChI=1S/C15H23NO5S/c1-13-5-3-4-6-14(13)7-10-21-11-9-16-22(18,19)12-8-15(17)20-2/h3-6,16H,7-12H2,1-2H3. The van der Waals surface area contributed by atoms with Crippen LogP contribution in [0.2, 0.25) is 0 Å². The molecule has 22 heavy (non-hydrogen) atoms. The number of nitrogens with one attached hydrogen (secondary N) is 1. The number of hydrogen-bond acceptors (Lipinski definition) is 5. The number of methoxy groups -OCH3 is 1. The predicted octanol–water partition coefficient (Wildman–Crippen LogP) is 1.04. The number of sulfonamides is 1. The Morgan fingerprint density at radius 3 is 2.64 bits per heavy atom. The van der Waals surface area contributed by atoms with Crippen molar-refractivity contribution in [3.05, 3.63) is 35.4 Å². The molecule has 0 aromatic heterocycles. The van der Waals surface area contributed by atoms with Crippen LogP contribution in [0.15, 0.2) is 24.3 Å². The summed E-state index contributed by atoms with van der Waals surface area (Å²) in [5, 5.41) is 0. The van der Waals surface area contributed by atoms with Crippen LogP contribution in [0.5, 0.6) is 0 Å². The fourth-order valence-electron chi connectivity index (χ4n) is 1.84. The van der Waals surface area contributed by atoms with Gasteiger partial charge in [-0.25, -0.2) is 13.1 Å². The van der Waals surface area contributed by atoms with Gasteiger partial charge in [0.1, 0.15) is 0 Å². The molecule has 0 aliphatic heterocycles. The number of rotatable bonds is 10. The fourth-order valence-corrected chi connectivity index (χ4v) is 2.81. The van der Waals surface area contributed by atoms with E-state index in [1.807, 2.05) is 31.2 Å². The first-order valence-electron chi connectivity index (χ1n) is 7.11. The van der Waals surface area contributed by atoms with Gasteiger partial charge in [-0.05, 0) is 24.5 Å². The Hall–Kier alpha value is -1.44. The van der Waals surface area contributed by atoms with Gasteiger partial charge in [0.05, 0.1) is 32.5 Å². The van der Waals surface area contributed by atoms with Gasteiger partial charge >= 0.3 is 5.97 Å². The van der Waals surface area contributed by atoms with Crippen LogP contribution in [0.3, 0.4) is 0 Å². The van der Waals surface area contributed by atoms with Crippen molar-refractivity contribution >= 4 is 16.0 Å². The third-order valence-electron chi connectivity index (χ3n) is 3.15. The Balaban J connectivity index is 2.15. The lowest BCUT2D eigenvalue weighted by Crippen LogP contribution is -2.30. The van der Waals surface area contributed by atoms with Crippen LogP contribution >= 0.6 is 0 Å². The van der Waals surface area contributed by atoms with Crippen LogP contribution in [0.4, 0.5) is 0 Å². The van der Waals surface area contributed by atoms with Crippen LogP contribution in [0.25, 0.3) is 0 Å². The molecule has 0 aliphatic rings. The molecular weight excluding hydrogens is 306 g/mol. The third-order valence-corrected chi connectivity index (χ3v) is 4.53.